The quantitative estimate of drug-likeness (QED) is 0.746. The number of fused-ring (bicyclic) bond motifs is 1. The van der Waals surface area contributed by atoms with Crippen molar-refractivity contribution >= 4 is 10.9 Å². The van der Waals surface area contributed by atoms with Gasteiger partial charge in [0, 0.05) is 36.5 Å². The summed E-state index contributed by atoms with van der Waals surface area (Å²) >= 11 is 0. The van der Waals surface area contributed by atoms with Gasteiger partial charge in [0.2, 0.25) is 6.29 Å². The first-order valence-corrected chi connectivity index (χ1v) is 8.41. The summed E-state index contributed by atoms with van der Waals surface area (Å²) in [7, 11) is 4.12. The van der Waals surface area contributed by atoms with Gasteiger partial charge in [-0.15, -0.1) is 0 Å². The first kappa shape index (κ1) is 17.2. The molecule has 24 heavy (non-hydrogen) atoms. The number of aliphatic hydroxyl groups excluding tert-OH is 2. The summed E-state index contributed by atoms with van der Waals surface area (Å²) in [6, 6.07) is 5.90. The van der Waals surface area contributed by atoms with Gasteiger partial charge in [0.05, 0.1) is 18.8 Å². The number of hydrogen-bond donors (Lipinski definition) is 3. The fourth-order valence-electron chi connectivity index (χ4n) is 3.07. The third-order valence-electron chi connectivity index (χ3n) is 4.38. The lowest BCUT2D eigenvalue weighted by atomic mass is 10.1. The van der Waals surface area contributed by atoms with Gasteiger partial charge in [-0.1, -0.05) is 0 Å². The number of nitrogens with zero attached hydrogens (tertiary/aromatic N) is 1. The van der Waals surface area contributed by atoms with Crippen molar-refractivity contribution in [1.29, 1.82) is 0 Å². The Balaban J connectivity index is 1.73. The highest BCUT2D eigenvalue weighted by Crippen LogP contribution is 2.27. The standard InChI is InChI=1S/C18H26N2O4/c1-20(2)6-5-12-10-19-17-4-3-14(9-16(12)17)23-18-8-13(22)7-15(11-21)24-18/h3-4,9-10,13,15,18-19,21-22H,5-8,11H2,1-2H3. The van der Waals surface area contributed by atoms with E-state index in [1.807, 2.05) is 24.4 Å². The maximum absolute atomic E-state index is 9.88. The molecule has 0 aliphatic carbocycles. The zero-order valence-electron chi connectivity index (χ0n) is 14.2. The van der Waals surface area contributed by atoms with Crippen LogP contribution < -0.4 is 4.74 Å². The van der Waals surface area contributed by atoms with Crippen molar-refractivity contribution in [2.75, 3.05) is 27.2 Å². The van der Waals surface area contributed by atoms with E-state index >= 15 is 0 Å². The van der Waals surface area contributed by atoms with E-state index in [2.05, 4.69) is 24.0 Å². The van der Waals surface area contributed by atoms with E-state index in [0.717, 1.165) is 23.9 Å². The number of benzene rings is 1. The molecule has 0 bridgehead atoms. The van der Waals surface area contributed by atoms with Crippen LogP contribution in [0.15, 0.2) is 24.4 Å². The molecule has 1 aliphatic rings. The predicted molar refractivity (Wildman–Crippen MR) is 92.2 cm³/mol. The minimum Gasteiger partial charge on any atom is -0.465 e. The molecule has 1 aromatic carbocycles. The number of likely N-dealkylation sites (N-methyl/N-ethyl adjacent to an activating group) is 1. The highest BCUT2D eigenvalue weighted by molar-refractivity contribution is 5.84. The summed E-state index contributed by atoms with van der Waals surface area (Å²) < 4.78 is 11.6. The number of nitrogens with one attached hydrogen (secondary N) is 1. The van der Waals surface area contributed by atoms with Crippen molar-refractivity contribution < 1.29 is 19.7 Å². The highest BCUT2D eigenvalue weighted by atomic mass is 16.7. The molecule has 0 radical (unpaired) electrons. The first-order valence-electron chi connectivity index (χ1n) is 8.41. The third kappa shape index (κ3) is 4.08. The van der Waals surface area contributed by atoms with E-state index in [0.29, 0.717) is 18.6 Å². The van der Waals surface area contributed by atoms with Crippen LogP contribution in [-0.2, 0) is 11.2 Å². The number of aromatic amines is 1. The molecular formula is C18H26N2O4. The summed E-state index contributed by atoms with van der Waals surface area (Å²) in [6.07, 6.45) is 2.45. The molecule has 0 spiro atoms. The number of aromatic nitrogens is 1. The van der Waals surface area contributed by atoms with Crippen LogP contribution in [0.1, 0.15) is 18.4 Å². The van der Waals surface area contributed by atoms with Crippen LogP contribution in [0.5, 0.6) is 5.75 Å². The zero-order chi connectivity index (χ0) is 17.1. The Morgan fingerprint density at radius 3 is 2.92 bits per heavy atom. The van der Waals surface area contributed by atoms with Crippen molar-refractivity contribution in [2.24, 2.45) is 0 Å². The number of aliphatic hydroxyl groups is 2. The fraction of sp³-hybridized carbons (Fsp3) is 0.556. The Kier molecular flexibility index (Phi) is 5.40. The van der Waals surface area contributed by atoms with Crippen molar-refractivity contribution in [3.8, 4) is 5.75 Å². The van der Waals surface area contributed by atoms with Gasteiger partial charge in [0.25, 0.3) is 0 Å². The molecule has 0 saturated carbocycles. The molecular weight excluding hydrogens is 308 g/mol. The Morgan fingerprint density at radius 2 is 2.17 bits per heavy atom. The van der Waals surface area contributed by atoms with Gasteiger partial charge in [-0.2, -0.15) is 0 Å². The molecule has 2 heterocycles. The normalized spacial score (nSPS) is 24.6. The second-order valence-electron chi connectivity index (χ2n) is 6.69. The average molecular weight is 334 g/mol. The Hall–Kier alpha value is -1.60. The van der Waals surface area contributed by atoms with Crippen LogP contribution in [0.2, 0.25) is 0 Å². The van der Waals surface area contributed by atoms with E-state index in [4.69, 9.17) is 9.47 Å². The summed E-state index contributed by atoms with van der Waals surface area (Å²) in [4.78, 5) is 5.45. The van der Waals surface area contributed by atoms with Crippen LogP contribution >= 0.6 is 0 Å². The zero-order valence-corrected chi connectivity index (χ0v) is 14.2. The largest absolute Gasteiger partial charge is 0.465 e. The fourth-order valence-corrected chi connectivity index (χ4v) is 3.07. The summed E-state index contributed by atoms with van der Waals surface area (Å²) in [5.74, 6) is 0.712. The number of H-pyrrole nitrogens is 1. The summed E-state index contributed by atoms with van der Waals surface area (Å²) in [5, 5.41) is 20.3. The van der Waals surface area contributed by atoms with Crippen molar-refractivity contribution in [3.05, 3.63) is 30.0 Å². The van der Waals surface area contributed by atoms with E-state index < -0.39 is 12.4 Å². The average Bonchev–Trinajstić information content (AvgIpc) is 2.94. The predicted octanol–water partition coefficient (Wildman–Crippen LogP) is 1.51. The van der Waals surface area contributed by atoms with Crippen molar-refractivity contribution in [1.82, 2.24) is 9.88 Å². The molecule has 6 heteroatoms. The molecule has 1 aromatic heterocycles. The van der Waals surface area contributed by atoms with E-state index in [1.54, 1.807) is 0 Å². The van der Waals surface area contributed by atoms with E-state index in [1.165, 1.54) is 5.56 Å². The van der Waals surface area contributed by atoms with E-state index in [9.17, 15) is 10.2 Å². The molecule has 2 aromatic rings. The van der Waals surface area contributed by atoms with Crippen LogP contribution in [-0.4, -0.2) is 65.8 Å². The monoisotopic (exact) mass is 334 g/mol. The van der Waals surface area contributed by atoms with Crippen molar-refractivity contribution in [2.45, 2.75) is 37.8 Å². The summed E-state index contributed by atoms with van der Waals surface area (Å²) in [5.41, 5.74) is 2.33. The Labute approximate surface area is 142 Å². The van der Waals surface area contributed by atoms with Gasteiger partial charge in [0.15, 0.2) is 0 Å². The Bertz CT molecular complexity index is 670. The molecule has 6 nitrogen and oxygen atoms in total. The molecule has 1 aliphatic heterocycles. The maximum atomic E-state index is 9.88. The SMILES string of the molecule is CN(C)CCc1c[nH]c2ccc(OC3CC(O)CC(CO)O3)cc12. The van der Waals surface area contributed by atoms with Gasteiger partial charge in [-0.3, -0.25) is 0 Å². The summed E-state index contributed by atoms with van der Waals surface area (Å²) in [6.45, 7) is 0.872. The van der Waals surface area contributed by atoms with Gasteiger partial charge >= 0.3 is 0 Å². The van der Waals surface area contributed by atoms with Crippen molar-refractivity contribution in [3.63, 3.8) is 0 Å². The maximum Gasteiger partial charge on any atom is 0.202 e. The second kappa shape index (κ2) is 7.53. The first-order chi connectivity index (χ1) is 11.5. The molecule has 3 rings (SSSR count). The number of hydrogen-bond acceptors (Lipinski definition) is 5. The molecule has 3 atom stereocenters. The lowest BCUT2D eigenvalue weighted by Gasteiger charge is -2.32. The second-order valence-corrected chi connectivity index (χ2v) is 6.69. The highest BCUT2D eigenvalue weighted by Gasteiger charge is 2.29. The van der Waals surface area contributed by atoms with Crippen LogP contribution in [0.3, 0.4) is 0 Å². The third-order valence-corrected chi connectivity index (χ3v) is 4.38. The van der Waals surface area contributed by atoms with Crippen LogP contribution in [0, 0.1) is 0 Å². The molecule has 0 amide bonds. The smallest absolute Gasteiger partial charge is 0.202 e. The number of ether oxygens (including phenoxy) is 2. The Morgan fingerprint density at radius 1 is 1.33 bits per heavy atom. The molecule has 3 unspecified atom stereocenters. The topological polar surface area (TPSA) is 78.0 Å². The van der Waals surface area contributed by atoms with Gasteiger partial charge in [-0.25, -0.2) is 0 Å². The number of rotatable bonds is 6. The molecule has 1 saturated heterocycles. The molecule has 132 valence electrons. The van der Waals surface area contributed by atoms with Crippen LogP contribution in [0.4, 0.5) is 0 Å². The van der Waals surface area contributed by atoms with E-state index in [-0.39, 0.29) is 12.7 Å². The van der Waals surface area contributed by atoms with Gasteiger partial charge < -0.3 is 29.6 Å². The molecule has 3 N–H and O–H groups in total. The minimum atomic E-state index is -0.535. The lowest BCUT2D eigenvalue weighted by molar-refractivity contribution is -0.184. The minimum absolute atomic E-state index is 0.109. The van der Waals surface area contributed by atoms with Gasteiger partial charge in [-0.05, 0) is 44.3 Å². The molecule has 1 fully saturated rings. The van der Waals surface area contributed by atoms with Gasteiger partial charge in [0.1, 0.15) is 5.75 Å². The van der Waals surface area contributed by atoms with Crippen LogP contribution in [0.25, 0.3) is 10.9 Å². The lowest BCUT2D eigenvalue weighted by Crippen LogP contribution is -2.40.